The van der Waals surface area contributed by atoms with Gasteiger partial charge in [0.2, 0.25) is 0 Å². The van der Waals surface area contributed by atoms with E-state index in [9.17, 15) is 18.0 Å². The van der Waals surface area contributed by atoms with Crippen LogP contribution in [0.5, 0.6) is 0 Å². The van der Waals surface area contributed by atoms with E-state index < -0.39 is 12.7 Å². The highest BCUT2D eigenvalue weighted by Crippen LogP contribution is 2.26. The van der Waals surface area contributed by atoms with Crippen LogP contribution in [0.15, 0.2) is 6.07 Å². The van der Waals surface area contributed by atoms with E-state index in [0.717, 1.165) is 22.3 Å². The quantitative estimate of drug-likeness (QED) is 0.777. The maximum Gasteiger partial charge on any atom is 0.401 e. The van der Waals surface area contributed by atoms with Crippen LogP contribution in [0.3, 0.4) is 0 Å². The Kier molecular flexibility index (Phi) is 6.77. The van der Waals surface area contributed by atoms with Gasteiger partial charge >= 0.3 is 6.18 Å². The summed E-state index contributed by atoms with van der Waals surface area (Å²) in [4.78, 5) is 13.1. The third-order valence-corrected chi connectivity index (χ3v) is 3.90. The molecule has 0 saturated carbocycles. The molecule has 1 aromatic carbocycles. The van der Waals surface area contributed by atoms with Crippen molar-refractivity contribution in [2.45, 2.75) is 46.8 Å². The standard InChI is InChI=1S/C17H24F3NO2/c1-11-8-12(2)16(14(4)23)13(3)15(11)9-21(6-5-7-22)10-17(18,19)20/h8,22H,5-7,9-10H2,1-4H3. The SMILES string of the molecule is CC(=O)c1c(C)cc(C)c(CN(CCCO)CC(F)(F)F)c1C. The summed E-state index contributed by atoms with van der Waals surface area (Å²) >= 11 is 0. The molecular formula is C17H24F3NO2. The van der Waals surface area contributed by atoms with Crippen molar-refractivity contribution in [2.75, 3.05) is 19.7 Å². The highest BCUT2D eigenvalue weighted by Gasteiger charge is 2.31. The summed E-state index contributed by atoms with van der Waals surface area (Å²) in [5.41, 5.74) is 3.80. The van der Waals surface area contributed by atoms with Crippen LogP contribution in [0.25, 0.3) is 0 Å². The van der Waals surface area contributed by atoms with Gasteiger partial charge in [0.05, 0.1) is 6.54 Å². The number of hydrogen-bond donors (Lipinski definition) is 1. The molecule has 0 fully saturated rings. The molecule has 1 rings (SSSR count). The van der Waals surface area contributed by atoms with E-state index in [1.165, 1.54) is 11.8 Å². The van der Waals surface area contributed by atoms with E-state index in [1.54, 1.807) is 6.92 Å². The molecule has 0 aliphatic carbocycles. The number of carbonyl (C=O) groups excluding carboxylic acids is 1. The monoisotopic (exact) mass is 331 g/mol. The number of hydrogen-bond acceptors (Lipinski definition) is 3. The fourth-order valence-corrected chi connectivity index (χ4v) is 3.00. The molecule has 0 aliphatic heterocycles. The van der Waals surface area contributed by atoms with E-state index >= 15 is 0 Å². The van der Waals surface area contributed by atoms with Crippen LogP contribution in [-0.4, -0.2) is 41.7 Å². The number of alkyl halides is 3. The van der Waals surface area contributed by atoms with Crippen molar-refractivity contribution < 1.29 is 23.1 Å². The second-order valence-electron chi connectivity index (χ2n) is 5.95. The Morgan fingerprint density at radius 2 is 1.83 bits per heavy atom. The molecule has 0 unspecified atom stereocenters. The van der Waals surface area contributed by atoms with Gasteiger partial charge in [0.15, 0.2) is 5.78 Å². The molecule has 0 spiro atoms. The third-order valence-electron chi connectivity index (χ3n) is 3.90. The molecule has 0 saturated heterocycles. The van der Waals surface area contributed by atoms with Crippen molar-refractivity contribution in [3.8, 4) is 0 Å². The molecule has 0 atom stereocenters. The second-order valence-corrected chi connectivity index (χ2v) is 5.95. The number of nitrogens with zero attached hydrogens (tertiary/aromatic N) is 1. The van der Waals surface area contributed by atoms with Crippen LogP contribution in [0.1, 0.15) is 46.0 Å². The normalized spacial score (nSPS) is 12.0. The number of benzene rings is 1. The predicted molar refractivity (Wildman–Crippen MR) is 83.7 cm³/mol. The van der Waals surface area contributed by atoms with Gasteiger partial charge in [-0.3, -0.25) is 9.69 Å². The number of halogens is 3. The molecule has 1 N–H and O–H groups in total. The number of carbonyl (C=O) groups is 1. The maximum absolute atomic E-state index is 12.8. The van der Waals surface area contributed by atoms with Gasteiger partial charge in [0.1, 0.15) is 0 Å². The molecule has 0 heterocycles. The lowest BCUT2D eigenvalue weighted by atomic mass is 9.91. The van der Waals surface area contributed by atoms with Crippen molar-refractivity contribution in [3.05, 3.63) is 33.9 Å². The topological polar surface area (TPSA) is 40.5 Å². The van der Waals surface area contributed by atoms with Crippen molar-refractivity contribution in [3.63, 3.8) is 0 Å². The van der Waals surface area contributed by atoms with Crippen LogP contribution >= 0.6 is 0 Å². The number of aliphatic hydroxyl groups excluding tert-OH is 1. The van der Waals surface area contributed by atoms with Crippen LogP contribution in [0.4, 0.5) is 13.2 Å². The van der Waals surface area contributed by atoms with Crippen LogP contribution < -0.4 is 0 Å². The Morgan fingerprint density at radius 1 is 1.22 bits per heavy atom. The van der Waals surface area contributed by atoms with Crippen molar-refractivity contribution >= 4 is 5.78 Å². The lowest BCUT2D eigenvalue weighted by molar-refractivity contribution is -0.147. The average Bonchev–Trinajstić information content (AvgIpc) is 2.38. The summed E-state index contributed by atoms with van der Waals surface area (Å²) in [6, 6.07) is 1.84. The Hall–Kier alpha value is -1.40. The number of rotatable bonds is 7. The smallest absolute Gasteiger partial charge is 0.396 e. The Balaban J connectivity index is 3.17. The van der Waals surface area contributed by atoms with Gasteiger partial charge in [-0.25, -0.2) is 0 Å². The fourth-order valence-electron chi connectivity index (χ4n) is 3.00. The first kappa shape index (κ1) is 19.6. The van der Waals surface area contributed by atoms with Gasteiger partial charge in [-0.05, 0) is 56.4 Å². The van der Waals surface area contributed by atoms with Crippen molar-refractivity contribution in [1.29, 1.82) is 0 Å². The van der Waals surface area contributed by atoms with E-state index in [2.05, 4.69) is 0 Å². The summed E-state index contributed by atoms with van der Waals surface area (Å²) < 4.78 is 38.3. The van der Waals surface area contributed by atoms with E-state index in [-0.39, 0.29) is 31.9 Å². The van der Waals surface area contributed by atoms with Gasteiger partial charge in [0, 0.05) is 25.3 Å². The van der Waals surface area contributed by atoms with E-state index in [1.807, 2.05) is 19.9 Å². The predicted octanol–water partition coefficient (Wildman–Crippen LogP) is 3.56. The first-order chi connectivity index (χ1) is 10.6. The average molecular weight is 331 g/mol. The lowest BCUT2D eigenvalue weighted by Crippen LogP contribution is -2.35. The molecule has 0 aliphatic rings. The minimum atomic E-state index is -4.30. The number of Topliss-reactive ketones (excluding diaryl/α,β-unsaturated/α-hetero) is 1. The highest BCUT2D eigenvalue weighted by atomic mass is 19.4. The molecule has 23 heavy (non-hydrogen) atoms. The first-order valence-electron chi connectivity index (χ1n) is 7.57. The molecule has 0 aromatic heterocycles. The van der Waals surface area contributed by atoms with Crippen LogP contribution in [-0.2, 0) is 6.54 Å². The summed E-state index contributed by atoms with van der Waals surface area (Å²) in [5.74, 6) is -0.0843. The van der Waals surface area contributed by atoms with Gasteiger partial charge in [-0.15, -0.1) is 0 Å². The molecule has 1 aromatic rings. The summed E-state index contributed by atoms with van der Waals surface area (Å²) in [6.45, 7) is 6.00. The Morgan fingerprint density at radius 3 is 2.30 bits per heavy atom. The van der Waals surface area contributed by atoms with Gasteiger partial charge in [0.25, 0.3) is 0 Å². The minimum absolute atomic E-state index is 0.0843. The van der Waals surface area contributed by atoms with Crippen molar-refractivity contribution in [2.24, 2.45) is 0 Å². The number of aliphatic hydroxyl groups is 1. The zero-order valence-electron chi connectivity index (χ0n) is 14.0. The van der Waals surface area contributed by atoms with E-state index in [4.69, 9.17) is 5.11 Å². The molecule has 0 amide bonds. The molecule has 130 valence electrons. The van der Waals surface area contributed by atoms with E-state index in [0.29, 0.717) is 5.56 Å². The Bertz CT molecular complexity index is 568. The minimum Gasteiger partial charge on any atom is -0.396 e. The Labute approximate surface area is 135 Å². The zero-order valence-corrected chi connectivity index (χ0v) is 14.0. The summed E-state index contributed by atoms with van der Waals surface area (Å²) in [6.07, 6.45) is -4.02. The van der Waals surface area contributed by atoms with Crippen LogP contribution in [0, 0.1) is 20.8 Å². The summed E-state index contributed by atoms with van der Waals surface area (Å²) in [7, 11) is 0. The van der Waals surface area contributed by atoms with Gasteiger partial charge < -0.3 is 5.11 Å². The largest absolute Gasteiger partial charge is 0.401 e. The summed E-state index contributed by atoms with van der Waals surface area (Å²) in [5, 5.41) is 8.89. The molecular weight excluding hydrogens is 307 g/mol. The van der Waals surface area contributed by atoms with Crippen LogP contribution in [0.2, 0.25) is 0 Å². The third kappa shape index (κ3) is 5.62. The number of ketones is 1. The molecule has 0 radical (unpaired) electrons. The van der Waals surface area contributed by atoms with Gasteiger partial charge in [-0.1, -0.05) is 6.07 Å². The molecule has 3 nitrogen and oxygen atoms in total. The van der Waals surface area contributed by atoms with Gasteiger partial charge in [-0.2, -0.15) is 13.2 Å². The molecule has 0 bridgehead atoms. The lowest BCUT2D eigenvalue weighted by Gasteiger charge is -2.26. The molecule has 6 heteroatoms. The highest BCUT2D eigenvalue weighted by molar-refractivity contribution is 5.97. The second kappa shape index (κ2) is 7.93. The maximum atomic E-state index is 12.8. The fraction of sp³-hybridized carbons (Fsp3) is 0.588. The van der Waals surface area contributed by atoms with Crippen molar-refractivity contribution in [1.82, 2.24) is 4.90 Å². The first-order valence-corrected chi connectivity index (χ1v) is 7.57. The zero-order chi connectivity index (χ0) is 17.8. The number of aryl methyl sites for hydroxylation is 2.